The van der Waals surface area contributed by atoms with Crippen LogP contribution >= 0.6 is 23.1 Å². The number of carbonyl (C=O) groups excluding carboxylic acids is 3. The molecule has 1 aromatic carbocycles. The standard InChI is InChI=1S/C22H19N5O5S2/c1-26-19-17(21(29)27(2)22(26)30)20(25-18(24-19)15-4-3-9-33-15)34-11-16(28)23-12-5-6-13-14(10-12)32-8-7-31-13/h3-6,9-10,17H,7-8,11H2,1-2H3/p+1. The average Bonchev–Trinajstić information content (AvgIpc) is 3.39. The van der Waals surface area contributed by atoms with Gasteiger partial charge in [0.25, 0.3) is 5.84 Å². The Kier molecular flexibility index (Phi) is 5.92. The van der Waals surface area contributed by atoms with Crippen LogP contribution in [0.25, 0.3) is 0 Å². The summed E-state index contributed by atoms with van der Waals surface area (Å²) in [5.41, 5.74) is 0.576. The molecule has 5 rings (SSSR count). The highest BCUT2D eigenvalue weighted by Gasteiger charge is 2.49. The van der Waals surface area contributed by atoms with Crippen molar-refractivity contribution >= 4 is 63.3 Å². The predicted octanol–water partition coefficient (Wildman–Crippen LogP) is 2.30. The van der Waals surface area contributed by atoms with Crippen molar-refractivity contribution in [1.29, 1.82) is 0 Å². The van der Waals surface area contributed by atoms with E-state index in [0.29, 0.717) is 47.1 Å². The lowest BCUT2D eigenvalue weighted by Crippen LogP contribution is -2.54. The van der Waals surface area contributed by atoms with Gasteiger partial charge in [-0.25, -0.2) is 9.79 Å². The topological polar surface area (TPSA) is 113 Å². The molecule has 0 saturated carbocycles. The molecule has 0 saturated heterocycles. The molecule has 4 heterocycles. The van der Waals surface area contributed by atoms with Crippen molar-refractivity contribution in [2.75, 3.05) is 38.4 Å². The molecule has 2 aromatic rings. The molecule has 174 valence electrons. The lowest BCUT2D eigenvalue weighted by atomic mass is 10.0. The molecule has 1 atom stereocenters. The van der Waals surface area contributed by atoms with Gasteiger partial charge in [0.2, 0.25) is 11.7 Å². The Morgan fingerprint density at radius 3 is 2.79 bits per heavy atom. The van der Waals surface area contributed by atoms with Crippen LogP contribution in [0, 0.1) is 5.92 Å². The Morgan fingerprint density at radius 1 is 1.24 bits per heavy atom. The highest BCUT2D eigenvalue weighted by molar-refractivity contribution is 8.14. The summed E-state index contributed by atoms with van der Waals surface area (Å²) >= 11 is 2.60. The number of imide groups is 1. The van der Waals surface area contributed by atoms with Gasteiger partial charge in [-0.2, -0.15) is 9.48 Å². The van der Waals surface area contributed by atoms with Crippen molar-refractivity contribution in [2.24, 2.45) is 15.9 Å². The minimum Gasteiger partial charge on any atom is -0.486 e. The third kappa shape index (κ3) is 4.10. The van der Waals surface area contributed by atoms with Gasteiger partial charge in [0.1, 0.15) is 18.3 Å². The molecule has 3 aliphatic heterocycles. The summed E-state index contributed by atoms with van der Waals surface area (Å²) in [6, 6.07) is 8.47. The summed E-state index contributed by atoms with van der Waals surface area (Å²) in [5.74, 6) is 0.407. The third-order valence-electron chi connectivity index (χ3n) is 5.36. The molecule has 0 spiro atoms. The molecule has 1 aromatic heterocycles. The first-order valence-corrected chi connectivity index (χ1v) is 12.2. The van der Waals surface area contributed by atoms with Crippen molar-refractivity contribution in [3.63, 3.8) is 0 Å². The predicted molar refractivity (Wildman–Crippen MR) is 130 cm³/mol. The van der Waals surface area contributed by atoms with Gasteiger partial charge in [-0.1, -0.05) is 22.8 Å². The summed E-state index contributed by atoms with van der Waals surface area (Å²) in [6.07, 6.45) is 0. The van der Waals surface area contributed by atoms with E-state index in [1.165, 1.54) is 23.0 Å². The number of rotatable bonds is 4. The maximum Gasteiger partial charge on any atom is 0.445 e. The second-order valence-corrected chi connectivity index (χ2v) is 9.53. The number of fused-ring (bicyclic) bond motifs is 2. The largest absolute Gasteiger partial charge is 0.486 e. The van der Waals surface area contributed by atoms with Gasteiger partial charge in [-0.05, 0) is 23.6 Å². The molecule has 0 aliphatic carbocycles. The quantitative estimate of drug-likeness (QED) is 0.648. The first kappa shape index (κ1) is 22.3. The van der Waals surface area contributed by atoms with Gasteiger partial charge in [-0.15, -0.1) is 11.3 Å². The zero-order valence-electron chi connectivity index (χ0n) is 18.3. The molecule has 0 radical (unpaired) electrons. The van der Waals surface area contributed by atoms with Crippen LogP contribution in [-0.2, 0) is 9.59 Å². The van der Waals surface area contributed by atoms with Gasteiger partial charge in [0, 0.05) is 11.8 Å². The van der Waals surface area contributed by atoms with Crippen LogP contribution in [0.5, 0.6) is 11.5 Å². The van der Waals surface area contributed by atoms with Crippen LogP contribution < -0.4 is 14.8 Å². The minimum absolute atomic E-state index is 0.0173. The second-order valence-electron chi connectivity index (χ2n) is 7.59. The smallest absolute Gasteiger partial charge is 0.445 e. The molecule has 3 aliphatic rings. The summed E-state index contributed by atoms with van der Waals surface area (Å²) < 4.78 is 12.4. The fourth-order valence-corrected chi connectivity index (χ4v) is 5.19. The highest BCUT2D eigenvalue weighted by atomic mass is 32.2. The van der Waals surface area contributed by atoms with Crippen LogP contribution in [0.4, 0.5) is 10.5 Å². The molecule has 10 nitrogen and oxygen atoms in total. The van der Waals surface area contributed by atoms with Crippen LogP contribution in [0.1, 0.15) is 4.88 Å². The van der Waals surface area contributed by atoms with E-state index in [2.05, 4.69) is 15.3 Å². The van der Waals surface area contributed by atoms with Crippen molar-refractivity contribution in [3.8, 4) is 11.5 Å². The van der Waals surface area contributed by atoms with Crippen LogP contribution in [0.3, 0.4) is 0 Å². The van der Waals surface area contributed by atoms with Gasteiger partial charge >= 0.3 is 11.9 Å². The zero-order valence-corrected chi connectivity index (χ0v) is 19.9. The summed E-state index contributed by atoms with van der Waals surface area (Å²) in [7, 11) is 3.00. The van der Waals surface area contributed by atoms with Gasteiger partial charge in [-0.3, -0.25) is 9.59 Å². The first-order valence-electron chi connectivity index (χ1n) is 10.4. The molecule has 0 bridgehead atoms. The SMILES string of the molecule is CN1C(=O)C2C(SCC(=O)Nc3ccc4c(c3)OCCO4)=NC(c3cccs3)=NC2=[N+](C)C1=O. The number of amidine groups is 2. The second kappa shape index (κ2) is 9.03. The maximum atomic E-state index is 13.0. The molecule has 1 unspecified atom stereocenters. The van der Waals surface area contributed by atoms with E-state index in [1.807, 2.05) is 17.5 Å². The summed E-state index contributed by atoms with van der Waals surface area (Å²) in [5, 5.41) is 5.15. The number of amides is 4. The van der Waals surface area contributed by atoms with E-state index in [4.69, 9.17) is 9.47 Å². The van der Waals surface area contributed by atoms with Crippen LogP contribution in [0.2, 0.25) is 0 Å². The number of ether oxygens (including phenoxy) is 2. The normalized spacial score (nSPS) is 19.5. The van der Waals surface area contributed by atoms with Crippen molar-refractivity contribution in [1.82, 2.24) is 4.90 Å². The van der Waals surface area contributed by atoms with E-state index in [-0.39, 0.29) is 11.7 Å². The number of urea groups is 1. The number of hydrogen-bond acceptors (Lipinski definition) is 9. The van der Waals surface area contributed by atoms with Gasteiger partial charge < -0.3 is 14.8 Å². The lowest BCUT2D eigenvalue weighted by molar-refractivity contribution is -0.407. The third-order valence-corrected chi connectivity index (χ3v) is 7.25. The Morgan fingerprint density at radius 2 is 2.03 bits per heavy atom. The maximum absolute atomic E-state index is 13.0. The highest BCUT2D eigenvalue weighted by Crippen LogP contribution is 2.33. The van der Waals surface area contributed by atoms with Gasteiger partial charge in [0.05, 0.1) is 24.7 Å². The lowest BCUT2D eigenvalue weighted by Gasteiger charge is -2.26. The zero-order chi connectivity index (χ0) is 23.8. The minimum atomic E-state index is -0.844. The number of nitrogens with zero attached hydrogens (tertiary/aromatic N) is 4. The first-order chi connectivity index (χ1) is 16.4. The van der Waals surface area contributed by atoms with E-state index < -0.39 is 17.9 Å². The number of nitrogens with one attached hydrogen (secondary N) is 1. The van der Waals surface area contributed by atoms with Crippen LogP contribution in [-0.4, -0.2) is 77.1 Å². The fourth-order valence-electron chi connectivity index (χ4n) is 3.66. The number of anilines is 1. The number of aliphatic imine (C=N–C) groups is 2. The number of benzene rings is 1. The number of carbonyl (C=O) groups is 3. The van der Waals surface area contributed by atoms with E-state index >= 15 is 0 Å². The van der Waals surface area contributed by atoms with E-state index in [0.717, 1.165) is 21.5 Å². The Bertz CT molecular complexity index is 1280. The van der Waals surface area contributed by atoms with Crippen molar-refractivity contribution in [2.45, 2.75) is 0 Å². The van der Waals surface area contributed by atoms with Crippen LogP contribution in [0.15, 0.2) is 45.7 Å². The molecule has 1 N–H and O–H groups in total. The molecular formula is C22H20N5O5S2+. The Labute approximate surface area is 203 Å². The number of thiophene rings is 1. The molecular weight excluding hydrogens is 478 g/mol. The molecule has 12 heteroatoms. The molecule has 4 amide bonds. The Balaban J connectivity index is 1.37. The number of hydrogen-bond donors (Lipinski definition) is 1. The Hall–Kier alpha value is -3.51. The van der Waals surface area contributed by atoms with Gasteiger partial charge in [0.15, 0.2) is 17.4 Å². The molecule has 0 fully saturated rings. The molecule has 34 heavy (non-hydrogen) atoms. The average molecular weight is 499 g/mol. The van der Waals surface area contributed by atoms with Crippen molar-refractivity contribution in [3.05, 3.63) is 40.6 Å². The van der Waals surface area contributed by atoms with E-state index in [1.54, 1.807) is 25.2 Å². The summed E-state index contributed by atoms with van der Waals surface area (Å²) in [6.45, 7) is 0.941. The summed E-state index contributed by atoms with van der Waals surface area (Å²) in [4.78, 5) is 49.1. The number of thioether (sulfide) groups is 1. The van der Waals surface area contributed by atoms with Crippen molar-refractivity contribution < 1.29 is 28.4 Å². The van der Waals surface area contributed by atoms with E-state index in [9.17, 15) is 14.4 Å². The fraction of sp³-hybridized carbons (Fsp3) is 0.273. The monoisotopic (exact) mass is 498 g/mol.